The highest BCUT2D eigenvalue weighted by molar-refractivity contribution is 6.32. The second-order valence-corrected chi connectivity index (χ2v) is 14.9. The molecule has 1 saturated carbocycles. The average Bonchev–Trinajstić information content (AvgIpc) is 3.57. The lowest BCUT2D eigenvalue weighted by Gasteiger charge is -2.50. The summed E-state index contributed by atoms with van der Waals surface area (Å²) in [5.41, 5.74) is 1.87. The molecule has 4 aromatic carbocycles. The third-order valence-corrected chi connectivity index (χ3v) is 12.2. The number of phenols is 1. The Labute approximate surface area is 310 Å². The Kier molecular flexibility index (Phi) is 8.01. The molecule has 4 aromatic rings. The van der Waals surface area contributed by atoms with Crippen LogP contribution in [0.25, 0.3) is 0 Å². The van der Waals surface area contributed by atoms with Crippen LogP contribution in [0, 0.1) is 29.5 Å². The van der Waals surface area contributed by atoms with Gasteiger partial charge in [0.05, 0.1) is 47.8 Å². The molecule has 268 valence electrons. The highest BCUT2D eigenvalue weighted by atomic mass is 35.5. The molecule has 9 rings (SSSR count). The molecule has 2 aliphatic carbocycles. The second-order valence-electron chi connectivity index (χ2n) is 14.4. The number of carbonyl (C=O) groups is 4. The van der Waals surface area contributed by atoms with Gasteiger partial charge in [0.1, 0.15) is 0 Å². The van der Waals surface area contributed by atoms with Crippen LogP contribution in [0.2, 0.25) is 5.02 Å². The van der Waals surface area contributed by atoms with Crippen molar-refractivity contribution in [1.29, 1.82) is 0 Å². The zero-order valence-electron chi connectivity index (χ0n) is 28.5. The van der Waals surface area contributed by atoms with Gasteiger partial charge in [-0.05, 0) is 84.5 Å². The SMILES string of the molecule is O=C1C2CC=C3C(CC4C(=O)N(c5cccc(Cl)c5)C(=O)C4(c4ccccc4)C3c3ccc(O)c(F)c3)C2C(=O)N1c1ccc(N2CCOCC2)cc1. The Balaban J connectivity index is 1.18. The number of allylic oxidation sites excluding steroid dienone is 2. The fourth-order valence-corrected chi connectivity index (χ4v) is 9.89. The van der Waals surface area contributed by atoms with E-state index < -0.39 is 58.4 Å². The van der Waals surface area contributed by atoms with E-state index in [1.165, 1.54) is 21.9 Å². The topological polar surface area (TPSA) is 107 Å². The number of amides is 4. The van der Waals surface area contributed by atoms with Crippen molar-refractivity contribution >= 4 is 52.3 Å². The zero-order valence-corrected chi connectivity index (χ0v) is 29.3. The first-order valence-corrected chi connectivity index (χ1v) is 18.3. The molecule has 3 heterocycles. The van der Waals surface area contributed by atoms with Gasteiger partial charge in [-0.3, -0.25) is 24.1 Å². The number of halogens is 2. The van der Waals surface area contributed by atoms with E-state index in [-0.39, 0.29) is 24.7 Å². The predicted octanol–water partition coefficient (Wildman–Crippen LogP) is 6.39. The van der Waals surface area contributed by atoms with Crippen LogP contribution in [-0.4, -0.2) is 55.0 Å². The summed E-state index contributed by atoms with van der Waals surface area (Å²) in [6.45, 7) is 2.74. The van der Waals surface area contributed by atoms with E-state index >= 15 is 9.18 Å². The van der Waals surface area contributed by atoms with Gasteiger partial charge in [0.2, 0.25) is 23.6 Å². The summed E-state index contributed by atoms with van der Waals surface area (Å²) in [5, 5.41) is 10.6. The molecule has 4 amide bonds. The van der Waals surface area contributed by atoms with Gasteiger partial charge in [0, 0.05) is 29.7 Å². The van der Waals surface area contributed by atoms with E-state index in [1.54, 1.807) is 54.6 Å². The zero-order chi connectivity index (χ0) is 36.6. The number of fused-ring (bicyclic) bond motifs is 4. The summed E-state index contributed by atoms with van der Waals surface area (Å²) in [5.74, 6) is -7.02. The van der Waals surface area contributed by atoms with Crippen LogP contribution in [-0.2, 0) is 29.3 Å². The minimum Gasteiger partial charge on any atom is -0.505 e. The highest BCUT2D eigenvalue weighted by Crippen LogP contribution is 2.64. The van der Waals surface area contributed by atoms with Gasteiger partial charge in [-0.15, -0.1) is 0 Å². The molecule has 3 aliphatic heterocycles. The maximum Gasteiger partial charge on any atom is 0.246 e. The Bertz CT molecular complexity index is 2210. The van der Waals surface area contributed by atoms with Gasteiger partial charge in [0.25, 0.3) is 0 Å². The third kappa shape index (κ3) is 4.99. The molecule has 6 unspecified atom stereocenters. The van der Waals surface area contributed by atoms with E-state index in [2.05, 4.69) is 4.90 Å². The van der Waals surface area contributed by atoms with Crippen LogP contribution in [0.5, 0.6) is 5.75 Å². The number of phenolic OH excluding ortho intramolecular Hbond substituents is 1. The number of nitrogens with zero attached hydrogens (tertiary/aromatic N) is 3. The molecule has 3 saturated heterocycles. The summed E-state index contributed by atoms with van der Waals surface area (Å²) in [6, 6.07) is 27.0. The van der Waals surface area contributed by atoms with Gasteiger partial charge in [-0.1, -0.05) is 65.7 Å². The van der Waals surface area contributed by atoms with E-state index in [0.717, 1.165) is 18.8 Å². The molecule has 9 nitrogen and oxygen atoms in total. The molecule has 0 spiro atoms. The number of ether oxygens (including phenoxy) is 1. The van der Waals surface area contributed by atoms with Gasteiger partial charge in [-0.2, -0.15) is 0 Å². The molecule has 53 heavy (non-hydrogen) atoms. The fourth-order valence-electron chi connectivity index (χ4n) is 9.71. The molecule has 5 aliphatic rings. The molecule has 4 fully saturated rings. The molecule has 6 atom stereocenters. The lowest BCUT2D eigenvalue weighted by Crippen LogP contribution is -2.53. The molecule has 1 N–H and O–H groups in total. The minimum atomic E-state index is -1.54. The van der Waals surface area contributed by atoms with Crippen molar-refractivity contribution in [3.8, 4) is 5.75 Å². The van der Waals surface area contributed by atoms with Gasteiger partial charge < -0.3 is 14.7 Å². The van der Waals surface area contributed by atoms with Crippen LogP contribution in [0.3, 0.4) is 0 Å². The van der Waals surface area contributed by atoms with Crippen LogP contribution >= 0.6 is 11.6 Å². The summed E-state index contributed by atoms with van der Waals surface area (Å²) in [7, 11) is 0. The quantitative estimate of drug-likeness (QED) is 0.187. The Morgan fingerprint density at radius 3 is 2.21 bits per heavy atom. The maximum atomic E-state index is 15.3. The smallest absolute Gasteiger partial charge is 0.246 e. The Morgan fingerprint density at radius 1 is 0.755 bits per heavy atom. The number of morpholine rings is 1. The number of rotatable bonds is 5. The van der Waals surface area contributed by atoms with Crippen molar-refractivity contribution in [2.24, 2.45) is 23.7 Å². The molecule has 11 heteroatoms. The van der Waals surface area contributed by atoms with Crippen LogP contribution < -0.4 is 14.7 Å². The van der Waals surface area contributed by atoms with Crippen molar-refractivity contribution in [2.45, 2.75) is 24.2 Å². The van der Waals surface area contributed by atoms with Crippen LogP contribution in [0.15, 0.2) is 109 Å². The van der Waals surface area contributed by atoms with Crippen molar-refractivity contribution in [3.05, 3.63) is 131 Å². The van der Waals surface area contributed by atoms with E-state index in [1.807, 2.05) is 36.4 Å². The van der Waals surface area contributed by atoms with E-state index in [0.29, 0.717) is 46.3 Å². The molecule has 0 radical (unpaired) electrons. The number of benzene rings is 4. The monoisotopic (exact) mass is 731 g/mol. The molecular weight excluding hydrogens is 697 g/mol. The van der Waals surface area contributed by atoms with Gasteiger partial charge in [0.15, 0.2) is 11.6 Å². The normalized spacial score (nSPS) is 28.2. The summed E-state index contributed by atoms with van der Waals surface area (Å²) < 4.78 is 20.8. The van der Waals surface area contributed by atoms with E-state index in [9.17, 15) is 19.5 Å². The van der Waals surface area contributed by atoms with Crippen LogP contribution in [0.4, 0.5) is 21.5 Å². The lowest BCUT2D eigenvalue weighted by molar-refractivity contribution is -0.127. The maximum absolute atomic E-state index is 15.3. The largest absolute Gasteiger partial charge is 0.505 e. The first kappa shape index (κ1) is 33.5. The average molecular weight is 732 g/mol. The number of hydrogen-bond acceptors (Lipinski definition) is 7. The third-order valence-electron chi connectivity index (χ3n) is 12.0. The first-order valence-electron chi connectivity index (χ1n) is 17.9. The Hall–Kier alpha value is -5.32. The second kappa shape index (κ2) is 12.7. The predicted molar refractivity (Wildman–Crippen MR) is 196 cm³/mol. The van der Waals surface area contributed by atoms with Crippen LogP contribution in [0.1, 0.15) is 29.9 Å². The van der Waals surface area contributed by atoms with Crippen molar-refractivity contribution < 1.29 is 33.4 Å². The molecular formula is C42H35ClFN3O6. The van der Waals surface area contributed by atoms with Crippen molar-refractivity contribution in [2.75, 3.05) is 41.0 Å². The molecule has 0 bridgehead atoms. The number of hydrogen-bond donors (Lipinski definition) is 1. The lowest BCUT2D eigenvalue weighted by atomic mass is 9.49. The number of anilines is 3. The number of aromatic hydroxyl groups is 1. The number of imide groups is 2. The van der Waals surface area contributed by atoms with E-state index in [4.69, 9.17) is 16.3 Å². The van der Waals surface area contributed by atoms with Crippen molar-refractivity contribution in [3.63, 3.8) is 0 Å². The molecule has 0 aromatic heterocycles. The highest BCUT2D eigenvalue weighted by Gasteiger charge is 2.70. The van der Waals surface area contributed by atoms with Gasteiger partial charge >= 0.3 is 0 Å². The standard InChI is InChI=1S/C42H35ClFN3O6/c43-26-7-4-8-29(22-26)47-39(50)33-23-32-30(37(24-9-16-35(48)34(44)21-24)42(33,41(47)52)25-5-2-1-3-6-25)14-15-31-36(32)40(51)46(38(31)49)28-12-10-27(11-13-28)45-17-19-53-20-18-45/h1-14,16,21-22,31-33,36-37,48H,15,17-20,23H2. The minimum absolute atomic E-state index is 0.115. The van der Waals surface area contributed by atoms with Crippen molar-refractivity contribution in [1.82, 2.24) is 0 Å². The number of carbonyl (C=O) groups excluding carboxylic acids is 4. The fraction of sp³-hybridized carbons (Fsp3) is 0.286. The Morgan fingerprint density at radius 2 is 1.49 bits per heavy atom. The van der Waals surface area contributed by atoms with Gasteiger partial charge in [-0.25, -0.2) is 9.29 Å². The summed E-state index contributed by atoms with van der Waals surface area (Å²) in [4.78, 5) is 63.6. The summed E-state index contributed by atoms with van der Waals surface area (Å²) >= 11 is 6.38. The first-order chi connectivity index (χ1) is 25.7. The summed E-state index contributed by atoms with van der Waals surface area (Å²) in [6.07, 6.45) is 2.28.